The molecule has 1 amide bonds. The minimum atomic E-state index is -0.149. The molecular weight excluding hydrogens is 305 g/mol. The van der Waals surface area contributed by atoms with Gasteiger partial charge in [-0.1, -0.05) is 12.1 Å². The van der Waals surface area contributed by atoms with E-state index in [1.807, 2.05) is 30.9 Å². The Bertz CT molecular complexity index is 734. The van der Waals surface area contributed by atoms with Gasteiger partial charge in [0.25, 0.3) is 0 Å². The molecule has 3 rings (SSSR count). The molecule has 128 valence electrons. The van der Waals surface area contributed by atoms with Crippen molar-refractivity contribution in [2.45, 2.75) is 40.0 Å². The maximum absolute atomic E-state index is 13.7. The summed E-state index contributed by atoms with van der Waals surface area (Å²) in [6, 6.07) is 5.44. The maximum Gasteiger partial charge on any atom is 0.227 e. The van der Waals surface area contributed by atoms with Crippen molar-refractivity contribution in [3.05, 3.63) is 52.1 Å². The summed E-state index contributed by atoms with van der Waals surface area (Å²) in [6.45, 7) is 7.18. The molecule has 0 radical (unpaired) electrons. The fourth-order valence-electron chi connectivity index (χ4n) is 3.42. The van der Waals surface area contributed by atoms with Crippen LogP contribution in [-0.4, -0.2) is 34.1 Å². The molecule has 1 atom stereocenters. The number of aryl methyl sites for hydroxylation is 3. The van der Waals surface area contributed by atoms with E-state index in [0.717, 1.165) is 48.4 Å². The van der Waals surface area contributed by atoms with Gasteiger partial charge in [0.2, 0.25) is 5.91 Å². The molecule has 0 spiro atoms. The number of H-pyrrole nitrogens is 1. The van der Waals surface area contributed by atoms with Crippen molar-refractivity contribution in [3.63, 3.8) is 0 Å². The van der Waals surface area contributed by atoms with Crippen LogP contribution in [0.1, 0.15) is 34.5 Å². The van der Waals surface area contributed by atoms with Crippen molar-refractivity contribution in [1.82, 2.24) is 15.1 Å². The number of rotatable bonds is 4. The number of carbonyl (C=O) groups excluding carboxylic acids is 1. The van der Waals surface area contributed by atoms with E-state index >= 15 is 0 Å². The van der Waals surface area contributed by atoms with Gasteiger partial charge >= 0.3 is 0 Å². The Labute approximate surface area is 142 Å². The summed E-state index contributed by atoms with van der Waals surface area (Å²) in [7, 11) is 0. The molecule has 0 bridgehead atoms. The van der Waals surface area contributed by atoms with E-state index < -0.39 is 0 Å². The molecule has 1 aromatic carbocycles. The van der Waals surface area contributed by atoms with Crippen LogP contribution in [-0.2, 0) is 17.6 Å². The van der Waals surface area contributed by atoms with E-state index in [0.29, 0.717) is 17.9 Å². The van der Waals surface area contributed by atoms with Gasteiger partial charge in [0.05, 0.1) is 12.1 Å². The number of carbonyl (C=O) groups is 1. The number of amides is 1. The predicted molar refractivity (Wildman–Crippen MR) is 91.3 cm³/mol. The monoisotopic (exact) mass is 329 g/mol. The minimum Gasteiger partial charge on any atom is -0.342 e. The van der Waals surface area contributed by atoms with Crippen LogP contribution in [0.5, 0.6) is 0 Å². The largest absolute Gasteiger partial charge is 0.342 e. The predicted octanol–water partition coefficient (Wildman–Crippen LogP) is 3.11. The van der Waals surface area contributed by atoms with Crippen LogP contribution in [0.3, 0.4) is 0 Å². The second-order valence-corrected chi connectivity index (χ2v) is 6.87. The third-order valence-electron chi connectivity index (χ3n) is 5.01. The normalized spacial score (nSPS) is 17.5. The van der Waals surface area contributed by atoms with E-state index in [4.69, 9.17) is 0 Å². The number of hydrogen-bond donors (Lipinski definition) is 1. The summed E-state index contributed by atoms with van der Waals surface area (Å²) in [4.78, 5) is 14.5. The molecule has 1 saturated heterocycles. The van der Waals surface area contributed by atoms with Crippen molar-refractivity contribution in [3.8, 4) is 0 Å². The summed E-state index contributed by atoms with van der Waals surface area (Å²) in [6.07, 6.45) is 2.20. The molecular formula is C19H24FN3O. The number of aromatic nitrogens is 2. The zero-order valence-corrected chi connectivity index (χ0v) is 14.5. The van der Waals surface area contributed by atoms with Crippen LogP contribution < -0.4 is 0 Å². The second kappa shape index (κ2) is 6.75. The van der Waals surface area contributed by atoms with Crippen LogP contribution in [0.2, 0.25) is 0 Å². The highest BCUT2D eigenvalue weighted by Gasteiger charge is 2.27. The van der Waals surface area contributed by atoms with Gasteiger partial charge < -0.3 is 4.90 Å². The highest BCUT2D eigenvalue weighted by Crippen LogP contribution is 2.23. The molecule has 24 heavy (non-hydrogen) atoms. The molecule has 0 aliphatic carbocycles. The molecule has 4 nitrogen and oxygen atoms in total. The topological polar surface area (TPSA) is 49.0 Å². The number of likely N-dealkylation sites (tertiary alicyclic amines) is 1. The third-order valence-corrected chi connectivity index (χ3v) is 5.01. The van der Waals surface area contributed by atoms with Crippen LogP contribution in [0.4, 0.5) is 4.39 Å². The Morgan fingerprint density at radius 2 is 2.17 bits per heavy atom. The summed E-state index contributed by atoms with van der Waals surface area (Å²) in [5, 5.41) is 7.08. The van der Waals surface area contributed by atoms with Crippen molar-refractivity contribution < 1.29 is 9.18 Å². The highest BCUT2D eigenvalue weighted by atomic mass is 19.1. The quantitative estimate of drug-likeness (QED) is 0.937. The van der Waals surface area contributed by atoms with Crippen LogP contribution >= 0.6 is 0 Å². The van der Waals surface area contributed by atoms with Crippen LogP contribution in [0, 0.1) is 32.5 Å². The van der Waals surface area contributed by atoms with E-state index in [9.17, 15) is 9.18 Å². The lowest BCUT2D eigenvalue weighted by Gasteiger charge is -2.17. The fraction of sp³-hybridized carbons (Fsp3) is 0.474. The lowest BCUT2D eigenvalue weighted by atomic mass is 9.98. The van der Waals surface area contributed by atoms with Crippen LogP contribution in [0.15, 0.2) is 18.2 Å². The van der Waals surface area contributed by atoms with Crippen molar-refractivity contribution >= 4 is 5.91 Å². The third kappa shape index (κ3) is 3.50. The molecule has 5 heteroatoms. The van der Waals surface area contributed by atoms with Gasteiger partial charge in [0.1, 0.15) is 5.82 Å². The van der Waals surface area contributed by atoms with Gasteiger partial charge in [-0.15, -0.1) is 0 Å². The standard InChI is InChI=1S/C19H24FN3O/c1-12-4-5-15(9-18(12)20)8-16-6-7-23(11-16)19(24)10-17-13(2)21-22-14(17)3/h4-5,9,16H,6-8,10-11H2,1-3H3,(H,21,22). The molecule has 1 unspecified atom stereocenters. The van der Waals surface area contributed by atoms with Crippen molar-refractivity contribution in [1.29, 1.82) is 0 Å². The lowest BCUT2D eigenvalue weighted by Crippen LogP contribution is -2.30. The zero-order valence-electron chi connectivity index (χ0n) is 14.5. The molecule has 0 saturated carbocycles. The Balaban J connectivity index is 1.58. The zero-order chi connectivity index (χ0) is 17.3. The second-order valence-electron chi connectivity index (χ2n) is 6.87. The van der Waals surface area contributed by atoms with Gasteiger partial charge in [-0.2, -0.15) is 5.10 Å². The summed E-state index contributed by atoms with van der Waals surface area (Å²) in [5.41, 5.74) is 4.55. The highest BCUT2D eigenvalue weighted by molar-refractivity contribution is 5.79. The Morgan fingerprint density at radius 3 is 2.83 bits per heavy atom. The SMILES string of the molecule is Cc1ccc(CC2CCN(C(=O)Cc3c(C)n[nH]c3C)C2)cc1F. The molecule has 1 fully saturated rings. The van der Waals surface area contributed by atoms with Crippen molar-refractivity contribution in [2.75, 3.05) is 13.1 Å². The van der Waals surface area contributed by atoms with E-state index in [-0.39, 0.29) is 11.7 Å². The Morgan fingerprint density at radius 1 is 1.38 bits per heavy atom. The Kier molecular flexibility index (Phi) is 4.69. The summed E-state index contributed by atoms with van der Waals surface area (Å²) >= 11 is 0. The fourth-order valence-corrected chi connectivity index (χ4v) is 3.42. The molecule has 1 aliphatic rings. The van der Waals surface area contributed by atoms with Gasteiger partial charge in [0, 0.05) is 24.3 Å². The van der Waals surface area contributed by atoms with E-state index in [2.05, 4.69) is 10.2 Å². The van der Waals surface area contributed by atoms with Crippen LogP contribution in [0.25, 0.3) is 0 Å². The van der Waals surface area contributed by atoms with Gasteiger partial charge in [0.15, 0.2) is 0 Å². The molecule has 1 aliphatic heterocycles. The first kappa shape index (κ1) is 16.7. The molecule has 1 aromatic heterocycles. The number of nitrogens with one attached hydrogen (secondary N) is 1. The lowest BCUT2D eigenvalue weighted by molar-refractivity contribution is -0.129. The van der Waals surface area contributed by atoms with Gasteiger partial charge in [-0.3, -0.25) is 9.89 Å². The Hall–Kier alpha value is -2.17. The smallest absolute Gasteiger partial charge is 0.227 e. The van der Waals surface area contributed by atoms with E-state index in [1.54, 1.807) is 13.0 Å². The minimum absolute atomic E-state index is 0.149. The maximum atomic E-state index is 13.7. The molecule has 2 heterocycles. The van der Waals surface area contributed by atoms with Crippen molar-refractivity contribution in [2.24, 2.45) is 5.92 Å². The average molecular weight is 329 g/mol. The van der Waals surface area contributed by atoms with Gasteiger partial charge in [-0.05, 0) is 56.7 Å². The first-order valence-corrected chi connectivity index (χ1v) is 8.47. The first-order chi connectivity index (χ1) is 11.4. The number of hydrogen-bond acceptors (Lipinski definition) is 2. The number of halogens is 1. The number of aromatic amines is 1. The number of nitrogens with zero attached hydrogens (tertiary/aromatic N) is 2. The molecule has 2 aromatic rings. The number of benzene rings is 1. The van der Waals surface area contributed by atoms with Gasteiger partial charge in [-0.25, -0.2) is 4.39 Å². The first-order valence-electron chi connectivity index (χ1n) is 8.47. The average Bonchev–Trinajstić information content (AvgIpc) is 3.13. The molecule has 1 N–H and O–H groups in total. The summed E-state index contributed by atoms with van der Waals surface area (Å²) < 4.78 is 13.7. The summed E-state index contributed by atoms with van der Waals surface area (Å²) in [5.74, 6) is 0.409. The van der Waals surface area contributed by atoms with E-state index in [1.165, 1.54) is 0 Å².